The van der Waals surface area contributed by atoms with Crippen molar-refractivity contribution >= 4 is 23.3 Å². The van der Waals surface area contributed by atoms with E-state index in [1.165, 1.54) is 0 Å². The molecule has 0 saturated heterocycles. The van der Waals surface area contributed by atoms with Gasteiger partial charge in [0.25, 0.3) is 0 Å². The van der Waals surface area contributed by atoms with Crippen LogP contribution >= 0.6 is 11.6 Å². The Morgan fingerprint density at radius 1 is 1.41 bits per heavy atom. The van der Waals surface area contributed by atoms with Crippen molar-refractivity contribution in [3.05, 3.63) is 34.9 Å². The molecule has 90 valence electrons. The highest BCUT2D eigenvalue weighted by molar-refractivity contribution is 6.30. The summed E-state index contributed by atoms with van der Waals surface area (Å²) in [7, 11) is 0. The van der Waals surface area contributed by atoms with E-state index in [0.717, 1.165) is 11.3 Å². The molecule has 0 fully saturated rings. The van der Waals surface area contributed by atoms with E-state index in [9.17, 15) is 4.79 Å². The van der Waals surface area contributed by atoms with Crippen molar-refractivity contribution in [1.82, 2.24) is 0 Å². The summed E-state index contributed by atoms with van der Waals surface area (Å²) in [4.78, 5) is 15.9. The van der Waals surface area contributed by atoms with Crippen molar-refractivity contribution in [3.63, 3.8) is 0 Å². The summed E-state index contributed by atoms with van der Waals surface area (Å²) in [5, 5.41) is 0.690. The van der Waals surface area contributed by atoms with E-state index < -0.39 is 6.04 Å². The van der Waals surface area contributed by atoms with Crippen LogP contribution in [0.25, 0.3) is 0 Å². The number of nitrogens with zero attached hydrogens (tertiary/aromatic N) is 1. The molecule has 0 saturated carbocycles. The zero-order chi connectivity index (χ0) is 12.4. The molecule has 0 aromatic heterocycles. The fraction of sp³-hybridized carbons (Fsp3) is 0.385. The highest BCUT2D eigenvalue weighted by Gasteiger charge is 2.39. The summed E-state index contributed by atoms with van der Waals surface area (Å²) in [5.74, 6) is -0.218. The van der Waals surface area contributed by atoms with Gasteiger partial charge in [0.1, 0.15) is 0 Å². The molecule has 1 aliphatic rings. The van der Waals surface area contributed by atoms with E-state index in [0.29, 0.717) is 11.6 Å². The predicted octanol–water partition coefficient (Wildman–Crippen LogP) is 2.83. The lowest BCUT2D eigenvalue weighted by Gasteiger charge is -2.31. The first kappa shape index (κ1) is 12.1. The number of esters is 1. The topological polar surface area (TPSA) is 38.7 Å². The molecule has 2 atom stereocenters. The molecule has 0 amide bonds. The monoisotopic (exact) mass is 251 g/mol. The molecule has 2 rings (SSSR count). The molecule has 1 aromatic carbocycles. The summed E-state index contributed by atoms with van der Waals surface area (Å²) in [5.41, 5.74) is 2.02. The molecular weight excluding hydrogens is 238 g/mol. The van der Waals surface area contributed by atoms with Gasteiger partial charge in [-0.2, -0.15) is 0 Å². The van der Waals surface area contributed by atoms with Gasteiger partial charge < -0.3 is 4.74 Å². The minimum atomic E-state index is -0.392. The maximum atomic E-state index is 11.7. The van der Waals surface area contributed by atoms with Crippen LogP contribution in [0.1, 0.15) is 25.3 Å². The van der Waals surface area contributed by atoms with Gasteiger partial charge in [-0.3, -0.25) is 4.99 Å². The number of carbonyl (C=O) groups excluding carboxylic acids is 1. The van der Waals surface area contributed by atoms with Crippen LogP contribution in [-0.4, -0.2) is 24.3 Å². The van der Waals surface area contributed by atoms with Gasteiger partial charge in [0.15, 0.2) is 6.04 Å². The number of benzene rings is 1. The fourth-order valence-electron chi connectivity index (χ4n) is 2.03. The van der Waals surface area contributed by atoms with Gasteiger partial charge in [0.2, 0.25) is 0 Å². The molecule has 0 N–H and O–H groups in total. The second kappa shape index (κ2) is 4.88. The van der Waals surface area contributed by atoms with E-state index >= 15 is 0 Å². The molecule has 1 aliphatic heterocycles. The first-order valence-electron chi connectivity index (χ1n) is 5.60. The molecule has 1 aromatic rings. The van der Waals surface area contributed by atoms with E-state index in [-0.39, 0.29) is 11.9 Å². The van der Waals surface area contributed by atoms with Crippen LogP contribution in [0.4, 0.5) is 0 Å². The van der Waals surface area contributed by atoms with Gasteiger partial charge in [-0.15, -0.1) is 0 Å². The first-order chi connectivity index (χ1) is 8.13. The van der Waals surface area contributed by atoms with Crippen molar-refractivity contribution < 1.29 is 9.53 Å². The zero-order valence-electron chi connectivity index (χ0n) is 9.81. The van der Waals surface area contributed by atoms with Crippen LogP contribution in [-0.2, 0) is 9.53 Å². The minimum absolute atomic E-state index is 0.0336. The molecule has 4 heteroatoms. The summed E-state index contributed by atoms with van der Waals surface area (Å²) in [6, 6.07) is 7.11. The summed E-state index contributed by atoms with van der Waals surface area (Å²) < 4.78 is 5.00. The maximum Gasteiger partial charge on any atom is 0.331 e. The lowest BCUT2D eigenvalue weighted by Crippen LogP contribution is -2.40. The van der Waals surface area contributed by atoms with Gasteiger partial charge in [-0.1, -0.05) is 23.7 Å². The molecule has 1 heterocycles. The smallest absolute Gasteiger partial charge is 0.331 e. The molecule has 0 spiro atoms. The summed E-state index contributed by atoms with van der Waals surface area (Å²) >= 11 is 5.84. The fourth-order valence-corrected chi connectivity index (χ4v) is 2.16. The molecular formula is C13H14ClNO2. The quantitative estimate of drug-likeness (QED) is 0.775. The number of hydrogen-bond donors (Lipinski definition) is 0. The molecule has 3 nitrogen and oxygen atoms in total. The zero-order valence-corrected chi connectivity index (χ0v) is 10.6. The molecule has 17 heavy (non-hydrogen) atoms. The van der Waals surface area contributed by atoms with E-state index in [1.807, 2.05) is 31.2 Å². The van der Waals surface area contributed by atoms with Gasteiger partial charge in [-0.25, -0.2) is 4.79 Å². The van der Waals surface area contributed by atoms with Crippen molar-refractivity contribution in [1.29, 1.82) is 0 Å². The average molecular weight is 252 g/mol. The minimum Gasteiger partial charge on any atom is -0.464 e. The third-order valence-corrected chi connectivity index (χ3v) is 3.12. The Kier molecular flexibility index (Phi) is 3.48. The highest BCUT2D eigenvalue weighted by Crippen LogP contribution is 2.33. The SMILES string of the molecule is CCOC(=O)C1N=C(C)C1c1ccc(Cl)cc1. The predicted molar refractivity (Wildman–Crippen MR) is 67.7 cm³/mol. The van der Waals surface area contributed by atoms with Crippen molar-refractivity contribution in [2.75, 3.05) is 6.61 Å². The second-order valence-corrected chi connectivity index (χ2v) is 4.43. The standard InChI is InChI=1S/C13H14ClNO2/c1-3-17-13(16)12-11(8(2)15-12)9-4-6-10(14)7-5-9/h4-7,11-12H,3H2,1-2H3. The highest BCUT2D eigenvalue weighted by atomic mass is 35.5. The lowest BCUT2D eigenvalue weighted by molar-refractivity contribution is -0.145. The first-order valence-corrected chi connectivity index (χ1v) is 5.97. The summed E-state index contributed by atoms with van der Waals surface area (Å²) in [6.07, 6.45) is 0. The van der Waals surface area contributed by atoms with E-state index in [1.54, 1.807) is 6.92 Å². The summed E-state index contributed by atoms with van der Waals surface area (Å²) in [6.45, 7) is 4.11. The third-order valence-electron chi connectivity index (χ3n) is 2.87. The number of rotatable bonds is 3. The number of ether oxygens (including phenoxy) is 1. The average Bonchev–Trinajstić information content (AvgIpc) is 2.29. The number of aliphatic imine (C=N–C) groups is 1. The molecule has 0 radical (unpaired) electrons. The van der Waals surface area contributed by atoms with Gasteiger partial charge in [-0.05, 0) is 31.5 Å². The van der Waals surface area contributed by atoms with Crippen LogP contribution in [0.5, 0.6) is 0 Å². The molecule has 0 aliphatic carbocycles. The Hall–Kier alpha value is -1.35. The van der Waals surface area contributed by atoms with Crippen LogP contribution in [0.2, 0.25) is 5.02 Å². The Morgan fingerprint density at radius 2 is 2.06 bits per heavy atom. The van der Waals surface area contributed by atoms with E-state index in [2.05, 4.69) is 4.99 Å². The van der Waals surface area contributed by atoms with Crippen molar-refractivity contribution in [2.45, 2.75) is 25.8 Å². The second-order valence-electron chi connectivity index (χ2n) is 4.00. The normalized spacial score (nSPS) is 22.6. The number of halogens is 1. The van der Waals surface area contributed by atoms with Gasteiger partial charge in [0.05, 0.1) is 12.5 Å². The van der Waals surface area contributed by atoms with Crippen molar-refractivity contribution in [2.24, 2.45) is 4.99 Å². The van der Waals surface area contributed by atoms with Crippen LogP contribution in [0, 0.1) is 0 Å². The Bertz CT molecular complexity index is 453. The molecule has 2 unspecified atom stereocenters. The van der Waals surface area contributed by atoms with Crippen LogP contribution < -0.4 is 0 Å². The molecule has 0 bridgehead atoms. The van der Waals surface area contributed by atoms with Crippen LogP contribution in [0.15, 0.2) is 29.3 Å². The van der Waals surface area contributed by atoms with Crippen LogP contribution in [0.3, 0.4) is 0 Å². The van der Waals surface area contributed by atoms with Crippen molar-refractivity contribution in [3.8, 4) is 0 Å². The Morgan fingerprint density at radius 3 is 2.59 bits per heavy atom. The lowest BCUT2D eigenvalue weighted by atomic mass is 9.83. The number of hydrogen-bond acceptors (Lipinski definition) is 3. The number of carbonyl (C=O) groups is 1. The largest absolute Gasteiger partial charge is 0.464 e. The van der Waals surface area contributed by atoms with E-state index in [4.69, 9.17) is 16.3 Å². The third kappa shape index (κ3) is 2.34. The Labute approximate surface area is 105 Å². The maximum absolute atomic E-state index is 11.7. The van der Waals surface area contributed by atoms with Gasteiger partial charge in [0, 0.05) is 10.7 Å². The Balaban J connectivity index is 2.18. The van der Waals surface area contributed by atoms with Gasteiger partial charge >= 0.3 is 5.97 Å².